The molecule has 1 saturated carbocycles. The van der Waals surface area contributed by atoms with E-state index in [0.717, 1.165) is 23.7 Å². The lowest BCUT2D eigenvalue weighted by Crippen LogP contribution is -2.26. The molecule has 1 aliphatic rings. The van der Waals surface area contributed by atoms with Crippen molar-refractivity contribution in [2.45, 2.75) is 38.6 Å². The maximum Gasteiger partial charge on any atom is 0.130 e. The maximum atomic E-state index is 6.20. The van der Waals surface area contributed by atoms with Gasteiger partial charge in [-0.1, -0.05) is 18.0 Å². The molecule has 2 unspecified atom stereocenters. The summed E-state index contributed by atoms with van der Waals surface area (Å²) >= 11 is 6.20. The van der Waals surface area contributed by atoms with E-state index in [-0.39, 0.29) is 0 Å². The second-order valence-electron chi connectivity index (χ2n) is 4.54. The highest BCUT2D eigenvalue weighted by atomic mass is 35.5. The van der Waals surface area contributed by atoms with Crippen LogP contribution >= 0.6 is 11.6 Å². The van der Waals surface area contributed by atoms with Gasteiger partial charge in [0.2, 0.25) is 0 Å². The third-order valence-corrected chi connectivity index (χ3v) is 3.93. The maximum absolute atomic E-state index is 6.20. The molecule has 0 amide bonds. The number of nitrogens with zero attached hydrogens (tertiary/aromatic N) is 2. The largest absolute Gasteiger partial charge is 0.327 e. The summed E-state index contributed by atoms with van der Waals surface area (Å²) in [7, 11) is 1.88. The lowest BCUT2D eigenvalue weighted by atomic mass is 9.95. The van der Waals surface area contributed by atoms with E-state index in [9.17, 15) is 0 Å². The van der Waals surface area contributed by atoms with E-state index in [4.69, 9.17) is 17.3 Å². The van der Waals surface area contributed by atoms with Crippen LogP contribution in [0, 0.1) is 12.8 Å². The normalized spacial score (nSPS) is 26.1. The molecule has 15 heavy (non-hydrogen) atoms. The molecule has 1 aliphatic carbocycles. The first-order valence-electron chi connectivity index (χ1n) is 5.53. The Labute approximate surface area is 95.6 Å². The molecule has 0 radical (unpaired) electrons. The van der Waals surface area contributed by atoms with Crippen molar-refractivity contribution in [2.75, 3.05) is 0 Å². The topological polar surface area (TPSA) is 43.8 Å². The molecule has 3 nitrogen and oxygen atoms in total. The predicted octanol–water partition coefficient (Wildman–Crippen LogP) is 2.05. The van der Waals surface area contributed by atoms with E-state index in [2.05, 4.69) is 5.10 Å². The fourth-order valence-corrected chi connectivity index (χ4v) is 2.74. The zero-order valence-electron chi connectivity index (χ0n) is 9.33. The van der Waals surface area contributed by atoms with E-state index >= 15 is 0 Å². The Morgan fingerprint density at radius 1 is 1.53 bits per heavy atom. The van der Waals surface area contributed by atoms with Gasteiger partial charge in [0.25, 0.3) is 0 Å². The van der Waals surface area contributed by atoms with Crippen LogP contribution in [-0.2, 0) is 13.5 Å². The van der Waals surface area contributed by atoms with Gasteiger partial charge in [-0.3, -0.25) is 4.68 Å². The molecular formula is C11H18ClN3. The van der Waals surface area contributed by atoms with Gasteiger partial charge in [-0.05, 0) is 32.1 Å². The molecular weight excluding hydrogens is 210 g/mol. The van der Waals surface area contributed by atoms with Crippen LogP contribution in [0.3, 0.4) is 0 Å². The van der Waals surface area contributed by atoms with Crippen LogP contribution in [0.5, 0.6) is 0 Å². The number of aryl methyl sites for hydroxylation is 2. The molecule has 2 N–H and O–H groups in total. The van der Waals surface area contributed by atoms with Crippen LogP contribution in [-0.4, -0.2) is 15.8 Å². The highest BCUT2D eigenvalue weighted by Crippen LogP contribution is 2.30. The van der Waals surface area contributed by atoms with Crippen molar-refractivity contribution in [2.24, 2.45) is 18.7 Å². The van der Waals surface area contributed by atoms with Gasteiger partial charge < -0.3 is 5.73 Å². The predicted molar refractivity (Wildman–Crippen MR) is 62.0 cm³/mol. The van der Waals surface area contributed by atoms with Gasteiger partial charge in [-0.15, -0.1) is 0 Å². The third kappa shape index (κ3) is 2.04. The third-order valence-electron chi connectivity index (χ3n) is 3.45. The van der Waals surface area contributed by atoms with Crippen molar-refractivity contribution in [1.29, 1.82) is 0 Å². The number of hydrogen-bond donors (Lipinski definition) is 1. The Morgan fingerprint density at radius 3 is 2.73 bits per heavy atom. The monoisotopic (exact) mass is 227 g/mol. The van der Waals surface area contributed by atoms with E-state index in [1.807, 2.05) is 14.0 Å². The van der Waals surface area contributed by atoms with E-state index in [1.165, 1.54) is 18.4 Å². The van der Waals surface area contributed by atoms with Crippen LogP contribution in [0.4, 0.5) is 0 Å². The highest BCUT2D eigenvalue weighted by Gasteiger charge is 2.26. The van der Waals surface area contributed by atoms with Gasteiger partial charge in [0.05, 0.1) is 5.69 Å². The Bertz CT molecular complexity index is 359. The molecule has 0 bridgehead atoms. The van der Waals surface area contributed by atoms with Gasteiger partial charge in [-0.2, -0.15) is 5.10 Å². The second-order valence-corrected chi connectivity index (χ2v) is 4.90. The first-order chi connectivity index (χ1) is 7.09. The molecule has 4 heteroatoms. The van der Waals surface area contributed by atoms with E-state index in [1.54, 1.807) is 4.68 Å². The number of aromatic nitrogens is 2. The van der Waals surface area contributed by atoms with Crippen molar-refractivity contribution in [3.63, 3.8) is 0 Å². The Morgan fingerprint density at radius 2 is 2.27 bits per heavy atom. The fourth-order valence-electron chi connectivity index (χ4n) is 2.49. The summed E-state index contributed by atoms with van der Waals surface area (Å²) in [6.07, 6.45) is 4.62. The van der Waals surface area contributed by atoms with Gasteiger partial charge in [-0.25, -0.2) is 0 Å². The molecule has 1 heterocycles. The molecule has 2 atom stereocenters. The average Bonchev–Trinajstić information content (AvgIpc) is 2.67. The van der Waals surface area contributed by atoms with Gasteiger partial charge in [0, 0.05) is 18.7 Å². The van der Waals surface area contributed by atoms with Crippen molar-refractivity contribution in [3.8, 4) is 0 Å². The molecule has 1 aromatic rings. The number of halogens is 1. The minimum Gasteiger partial charge on any atom is -0.327 e. The van der Waals surface area contributed by atoms with Crippen LogP contribution < -0.4 is 5.73 Å². The summed E-state index contributed by atoms with van der Waals surface area (Å²) in [4.78, 5) is 0. The van der Waals surface area contributed by atoms with Crippen molar-refractivity contribution in [1.82, 2.24) is 9.78 Å². The lowest BCUT2D eigenvalue weighted by Gasteiger charge is -2.14. The summed E-state index contributed by atoms with van der Waals surface area (Å²) in [6.45, 7) is 2.02. The van der Waals surface area contributed by atoms with Gasteiger partial charge in [0.1, 0.15) is 5.15 Å². The number of rotatable bonds is 2. The first-order valence-corrected chi connectivity index (χ1v) is 5.91. The standard InChI is InChI=1S/C11H18ClN3/c1-7-9(11(12)15(2)14-7)6-8-4-3-5-10(8)13/h8,10H,3-6,13H2,1-2H3. The number of nitrogens with two attached hydrogens (primary N) is 1. The molecule has 1 aromatic heterocycles. The summed E-state index contributed by atoms with van der Waals surface area (Å²) in [6, 6.07) is 0.348. The summed E-state index contributed by atoms with van der Waals surface area (Å²) in [5, 5.41) is 5.09. The van der Waals surface area contributed by atoms with Gasteiger partial charge in [0.15, 0.2) is 0 Å². The van der Waals surface area contributed by atoms with Crippen LogP contribution in [0.2, 0.25) is 5.15 Å². The first kappa shape index (κ1) is 11.0. The Hall–Kier alpha value is -0.540. The summed E-state index contributed by atoms with van der Waals surface area (Å²) in [5.74, 6) is 0.588. The van der Waals surface area contributed by atoms with E-state index < -0.39 is 0 Å². The fraction of sp³-hybridized carbons (Fsp3) is 0.727. The summed E-state index contributed by atoms with van der Waals surface area (Å²) in [5.41, 5.74) is 8.29. The van der Waals surface area contributed by atoms with Gasteiger partial charge >= 0.3 is 0 Å². The molecule has 1 fully saturated rings. The summed E-state index contributed by atoms with van der Waals surface area (Å²) < 4.78 is 1.74. The van der Waals surface area contributed by atoms with Crippen molar-refractivity contribution >= 4 is 11.6 Å². The smallest absolute Gasteiger partial charge is 0.130 e. The SMILES string of the molecule is Cc1nn(C)c(Cl)c1CC1CCCC1N. The molecule has 0 aromatic carbocycles. The zero-order chi connectivity index (χ0) is 11.0. The molecule has 0 aliphatic heterocycles. The minimum atomic E-state index is 0.348. The molecule has 84 valence electrons. The van der Waals surface area contributed by atoms with Crippen molar-refractivity contribution in [3.05, 3.63) is 16.4 Å². The molecule has 2 rings (SSSR count). The van der Waals surface area contributed by atoms with Crippen LogP contribution in [0.1, 0.15) is 30.5 Å². The van der Waals surface area contributed by atoms with E-state index in [0.29, 0.717) is 12.0 Å². The van der Waals surface area contributed by atoms with Crippen molar-refractivity contribution < 1.29 is 0 Å². The quantitative estimate of drug-likeness (QED) is 0.841. The number of hydrogen-bond acceptors (Lipinski definition) is 2. The minimum absolute atomic E-state index is 0.348. The second kappa shape index (κ2) is 4.14. The molecule has 0 saturated heterocycles. The van der Waals surface area contributed by atoms with Crippen LogP contribution in [0.15, 0.2) is 0 Å². The van der Waals surface area contributed by atoms with Crippen LogP contribution in [0.25, 0.3) is 0 Å². The molecule has 0 spiro atoms. The lowest BCUT2D eigenvalue weighted by molar-refractivity contribution is 0.478. The Kier molecular flexibility index (Phi) is 3.03. The zero-order valence-corrected chi connectivity index (χ0v) is 10.1. The highest BCUT2D eigenvalue weighted by molar-refractivity contribution is 6.30. The Balaban J connectivity index is 2.16. The average molecular weight is 228 g/mol.